The molecule has 2 aliphatic heterocycles. The van der Waals surface area contributed by atoms with Crippen LogP contribution in [0.15, 0.2) is 42.7 Å². The van der Waals surface area contributed by atoms with E-state index in [9.17, 15) is 4.79 Å². The second-order valence-electron chi connectivity index (χ2n) is 9.14. The van der Waals surface area contributed by atoms with E-state index in [4.69, 9.17) is 23.2 Å². The lowest BCUT2D eigenvalue weighted by Gasteiger charge is -2.42. The molecule has 3 atom stereocenters. The lowest BCUT2D eigenvalue weighted by molar-refractivity contribution is -0.133. The van der Waals surface area contributed by atoms with E-state index in [1.165, 1.54) is 0 Å². The van der Waals surface area contributed by atoms with E-state index >= 15 is 0 Å². The van der Waals surface area contributed by atoms with Crippen LogP contribution < -0.4 is 10.2 Å². The molecule has 174 valence electrons. The van der Waals surface area contributed by atoms with Gasteiger partial charge in [-0.05, 0) is 69.1 Å². The molecule has 2 unspecified atom stereocenters. The zero-order chi connectivity index (χ0) is 23.1. The smallest absolute Gasteiger partial charge is 0.239 e. The molecule has 6 nitrogen and oxygen atoms in total. The Bertz CT molecular complexity index is 1170. The van der Waals surface area contributed by atoms with Gasteiger partial charge in [0.2, 0.25) is 5.91 Å². The maximum Gasteiger partial charge on any atom is 0.239 e. The zero-order valence-corrected chi connectivity index (χ0v) is 20.5. The first-order valence-corrected chi connectivity index (χ1v) is 12.4. The van der Waals surface area contributed by atoms with Gasteiger partial charge in [-0.2, -0.15) is 0 Å². The molecular weight excluding hydrogens is 457 g/mol. The summed E-state index contributed by atoms with van der Waals surface area (Å²) in [7, 11) is 0. The van der Waals surface area contributed by atoms with Crippen molar-refractivity contribution < 1.29 is 4.79 Å². The van der Waals surface area contributed by atoms with Gasteiger partial charge in [-0.25, -0.2) is 4.98 Å². The second kappa shape index (κ2) is 9.16. The van der Waals surface area contributed by atoms with Crippen LogP contribution in [0.4, 0.5) is 5.69 Å². The van der Waals surface area contributed by atoms with Crippen molar-refractivity contribution in [2.75, 3.05) is 31.1 Å². The number of rotatable bonds is 4. The predicted molar refractivity (Wildman–Crippen MR) is 134 cm³/mol. The number of nitrogens with one attached hydrogen (secondary N) is 1. The van der Waals surface area contributed by atoms with Gasteiger partial charge in [0.25, 0.3) is 0 Å². The van der Waals surface area contributed by atoms with Gasteiger partial charge in [0, 0.05) is 41.4 Å². The molecule has 2 fully saturated rings. The van der Waals surface area contributed by atoms with Crippen LogP contribution in [0.5, 0.6) is 0 Å². The molecule has 0 bridgehead atoms. The maximum absolute atomic E-state index is 12.8. The Hall–Kier alpha value is -2.28. The van der Waals surface area contributed by atoms with Crippen LogP contribution in [-0.4, -0.2) is 58.6 Å². The van der Waals surface area contributed by atoms with Crippen LogP contribution in [0, 0.1) is 0 Å². The number of nitrogens with zero attached hydrogens (tertiary/aromatic N) is 4. The highest BCUT2D eigenvalue weighted by Crippen LogP contribution is 2.32. The van der Waals surface area contributed by atoms with Gasteiger partial charge in [0.15, 0.2) is 0 Å². The first-order chi connectivity index (χ1) is 15.9. The normalized spacial score (nSPS) is 22.2. The number of hydrogen-bond acceptors (Lipinski definition) is 4. The van der Waals surface area contributed by atoms with Crippen LogP contribution in [0.3, 0.4) is 0 Å². The Balaban J connectivity index is 1.38. The van der Waals surface area contributed by atoms with E-state index in [0.29, 0.717) is 10.0 Å². The molecule has 2 aromatic carbocycles. The molecule has 3 aromatic rings. The van der Waals surface area contributed by atoms with Crippen LogP contribution >= 0.6 is 23.2 Å². The fourth-order valence-corrected chi connectivity index (χ4v) is 5.72. The SMILES string of the molecule is CC(c1ccc(Cl)cc1Cl)n1cnc2ccc(N3CCN(C(=O)C4CCCN4)C[C@H]3C)cc21. The summed E-state index contributed by atoms with van der Waals surface area (Å²) in [6.45, 7) is 7.56. The number of imidazole rings is 1. The number of aromatic nitrogens is 2. The summed E-state index contributed by atoms with van der Waals surface area (Å²) in [5, 5.41) is 4.62. The highest BCUT2D eigenvalue weighted by atomic mass is 35.5. The summed E-state index contributed by atoms with van der Waals surface area (Å²) in [4.78, 5) is 21.9. The fourth-order valence-electron chi connectivity index (χ4n) is 5.15. The molecule has 33 heavy (non-hydrogen) atoms. The van der Waals surface area contributed by atoms with Crippen molar-refractivity contribution in [1.82, 2.24) is 19.8 Å². The van der Waals surface area contributed by atoms with E-state index < -0.39 is 0 Å². The molecule has 2 aliphatic rings. The van der Waals surface area contributed by atoms with Crippen LogP contribution in [0.1, 0.15) is 38.3 Å². The van der Waals surface area contributed by atoms with E-state index in [1.807, 2.05) is 23.4 Å². The number of hydrogen-bond donors (Lipinski definition) is 1. The predicted octanol–water partition coefficient (Wildman–Crippen LogP) is 4.74. The maximum atomic E-state index is 12.8. The molecular formula is C25H29Cl2N5O. The van der Waals surface area contributed by atoms with E-state index in [1.54, 1.807) is 6.07 Å². The number of fused-ring (bicyclic) bond motifs is 1. The Labute approximate surface area is 204 Å². The molecule has 0 saturated carbocycles. The number of amides is 1. The molecule has 0 aliphatic carbocycles. The van der Waals surface area contributed by atoms with Crippen molar-refractivity contribution in [3.63, 3.8) is 0 Å². The van der Waals surface area contributed by atoms with Crippen LogP contribution in [0.25, 0.3) is 11.0 Å². The lowest BCUT2D eigenvalue weighted by Crippen LogP contribution is -2.56. The summed E-state index contributed by atoms with van der Waals surface area (Å²) in [6, 6.07) is 12.3. The summed E-state index contributed by atoms with van der Waals surface area (Å²) >= 11 is 12.6. The van der Waals surface area contributed by atoms with Gasteiger partial charge >= 0.3 is 0 Å². The average molecular weight is 486 g/mol. The quantitative estimate of drug-likeness (QED) is 0.579. The summed E-state index contributed by atoms with van der Waals surface area (Å²) in [5.74, 6) is 0.251. The summed E-state index contributed by atoms with van der Waals surface area (Å²) < 4.78 is 2.16. The molecule has 5 rings (SSSR count). The van der Waals surface area contributed by atoms with Crippen LogP contribution in [0.2, 0.25) is 10.0 Å². The third kappa shape index (κ3) is 4.32. The minimum absolute atomic E-state index is 0.00405. The fraction of sp³-hybridized carbons (Fsp3) is 0.440. The summed E-state index contributed by atoms with van der Waals surface area (Å²) in [5.41, 5.74) is 4.17. The van der Waals surface area contributed by atoms with Crippen molar-refractivity contribution in [3.8, 4) is 0 Å². The Kier molecular flexibility index (Phi) is 6.25. The van der Waals surface area contributed by atoms with E-state index in [2.05, 4.69) is 51.8 Å². The molecule has 0 radical (unpaired) electrons. The largest absolute Gasteiger partial charge is 0.365 e. The first kappa shape index (κ1) is 22.5. The van der Waals surface area contributed by atoms with Crippen molar-refractivity contribution in [2.45, 2.75) is 44.8 Å². The Morgan fingerprint density at radius 1 is 1.18 bits per heavy atom. The standard InChI is InChI=1S/C25H29Cl2N5O/c1-16-14-30(25(33)23-4-3-9-28-23)10-11-31(16)19-6-8-22-24(13-19)32(15-29-22)17(2)20-7-5-18(26)12-21(20)27/h5-8,12-13,15-17,23,28H,3-4,9-11,14H2,1-2H3/t16-,17?,23?/m1/s1. The number of carbonyl (C=O) groups is 1. The number of halogens is 2. The first-order valence-electron chi connectivity index (χ1n) is 11.6. The third-order valence-electron chi connectivity index (χ3n) is 7.02. The molecule has 3 heterocycles. The summed E-state index contributed by atoms with van der Waals surface area (Å²) in [6.07, 6.45) is 3.90. The second-order valence-corrected chi connectivity index (χ2v) is 9.99. The minimum Gasteiger partial charge on any atom is -0.365 e. The highest BCUT2D eigenvalue weighted by Gasteiger charge is 2.32. The van der Waals surface area contributed by atoms with Gasteiger partial charge < -0.3 is 19.7 Å². The van der Waals surface area contributed by atoms with Gasteiger partial charge in [0.05, 0.1) is 29.4 Å². The average Bonchev–Trinajstić information content (AvgIpc) is 3.48. The molecule has 1 amide bonds. The number of piperazine rings is 1. The van der Waals surface area contributed by atoms with Crippen molar-refractivity contribution >= 4 is 45.8 Å². The number of benzene rings is 2. The van der Waals surface area contributed by atoms with Gasteiger partial charge in [0.1, 0.15) is 0 Å². The third-order valence-corrected chi connectivity index (χ3v) is 7.58. The molecule has 8 heteroatoms. The van der Waals surface area contributed by atoms with E-state index in [0.717, 1.165) is 61.3 Å². The van der Waals surface area contributed by atoms with Crippen LogP contribution in [-0.2, 0) is 4.79 Å². The number of anilines is 1. The van der Waals surface area contributed by atoms with Crippen molar-refractivity contribution in [3.05, 3.63) is 58.3 Å². The van der Waals surface area contributed by atoms with E-state index in [-0.39, 0.29) is 24.0 Å². The monoisotopic (exact) mass is 485 g/mol. The van der Waals surface area contributed by atoms with Gasteiger partial charge in [-0.15, -0.1) is 0 Å². The molecule has 2 saturated heterocycles. The lowest BCUT2D eigenvalue weighted by atomic mass is 10.1. The molecule has 1 aromatic heterocycles. The molecule has 1 N–H and O–H groups in total. The Morgan fingerprint density at radius 3 is 2.76 bits per heavy atom. The Morgan fingerprint density at radius 2 is 2.03 bits per heavy atom. The zero-order valence-electron chi connectivity index (χ0n) is 19.0. The highest BCUT2D eigenvalue weighted by molar-refractivity contribution is 6.35. The topological polar surface area (TPSA) is 53.4 Å². The van der Waals surface area contributed by atoms with Crippen molar-refractivity contribution in [2.24, 2.45) is 0 Å². The van der Waals surface area contributed by atoms with Gasteiger partial charge in [-0.3, -0.25) is 4.79 Å². The molecule has 0 spiro atoms. The van der Waals surface area contributed by atoms with Crippen molar-refractivity contribution in [1.29, 1.82) is 0 Å². The van der Waals surface area contributed by atoms with Gasteiger partial charge in [-0.1, -0.05) is 29.3 Å². The minimum atomic E-state index is -0.00405. The number of carbonyl (C=O) groups excluding carboxylic acids is 1.